The van der Waals surface area contributed by atoms with Crippen LogP contribution < -0.4 is 0 Å². The van der Waals surface area contributed by atoms with Crippen molar-refractivity contribution >= 4 is 23.5 Å². The Hall–Kier alpha value is -1.50. The van der Waals surface area contributed by atoms with E-state index in [9.17, 15) is 22.8 Å². The molecule has 1 heterocycles. The lowest BCUT2D eigenvalue weighted by atomic mass is 9.88. The first-order valence-electron chi connectivity index (χ1n) is 7.35. The van der Waals surface area contributed by atoms with E-state index in [1.807, 2.05) is 13.2 Å². The van der Waals surface area contributed by atoms with Crippen molar-refractivity contribution in [3.05, 3.63) is 35.1 Å². The third-order valence-corrected chi connectivity index (χ3v) is 5.04. The standard InChI is InChI=1S/C16H18F3NO2S/c1-9(23-2)16(22)20-5-3-10(4-6-20)15(21)14-12(18)7-11(17)8-13(14)19/h7-10H,3-6H2,1-2H3/t9-/m0/s1. The van der Waals surface area contributed by atoms with Crippen LogP contribution in [0.1, 0.15) is 30.1 Å². The Bertz CT molecular complexity index is 592. The van der Waals surface area contributed by atoms with Crippen molar-refractivity contribution in [1.82, 2.24) is 4.90 Å². The molecule has 1 aromatic carbocycles. The number of halogens is 3. The molecule has 0 radical (unpaired) electrons. The van der Waals surface area contributed by atoms with Crippen LogP contribution >= 0.6 is 11.8 Å². The second-order valence-corrected chi connectivity index (χ2v) is 6.76. The van der Waals surface area contributed by atoms with Gasteiger partial charge in [0.05, 0.1) is 10.8 Å². The highest BCUT2D eigenvalue weighted by atomic mass is 32.2. The summed E-state index contributed by atoms with van der Waals surface area (Å²) in [5.41, 5.74) is -0.686. The molecule has 0 unspecified atom stereocenters. The summed E-state index contributed by atoms with van der Waals surface area (Å²) in [7, 11) is 0. The van der Waals surface area contributed by atoms with Crippen molar-refractivity contribution in [2.24, 2.45) is 5.92 Å². The number of ketones is 1. The van der Waals surface area contributed by atoms with Gasteiger partial charge in [-0.1, -0.05) is 0 Å². The maximum atomic E-state index is 13.7. The lowest BCUT2D eigenvalue weighted by molar-refractivity contribution is -0.131. The molecule has 0 saturated carbocycles. The molecule has 1 aliphatic rings. The first-order valence-corrected chi connectivity index (χ1v) is 8.64. The van der Waals surface area contributed by atoms with Crippen LogP contribution in [-0.4, -0.2) is 41.2 Å². The Kier molecular flexibility index (Phi) is 5.73. The second-order valence-electron chi connectivity index (χ2n) is 5.59. The van der Waals surface area contributed by atoms with E-state index in [2.05, 4.69) is 0 Å². The summed E-state index contributed by atoms with van der Waals surface area (Å²) < 4.78 is 40.3. The Morgan fingerprint density at radius 3 is 2.17 bits per heavy atom. The Balaban J connectivity index is 2.06. The van der Waals surface area contributed by atoms with Gasteiger partial charge in [-0.15, -0.1) is 0 Å². The van der Waals surface area contributed by atoms with Crippen LogP contribution in [0.15, 0.2) is 12.1 Å². The fourth-order valence-electron chi connectivity index (χ4n) is 2.70. The maximum absolute atomic E-state index is 13.7. The predicted molar refractivity (Wildman–Crippen MR) is 82.9 cm³/mol. The van der Waals surface area contributed by atoms with E-state index >= 15 is 0 Å². The topological polar surface area (TPSA) is 37.4 Å². The fourth-order valence-corrected chi connectivity index (χ4v) is 3.05. The van der Waals surface area contributed by atoms with Crippen LogP contribution in [0.2, 0.25) is 0 Å². The third-order valence-electron chi connectivity index (χ3n) is 4.13. The van der Waals surface area contributed by atoms with Gasteiger partial charge in [0.1, 0.15) is 17.5 Å². The SMILES string of the molecule is CS[C@@H](C)C(=O)N1CCC(C(=O)c2c(F)cc(F)cc2F)CC1. The maximum Gasteiger partial charge on any atom is 0.235 e. The Morgan fingerprint density at radius 1 is 1.17 bits per heavy atom. The summed E-state index contributed by atoms with van der Waals surface area (Å²) in [5.74, 6) is -4.63. The van der Waals surface area contributed by atoms with Crippen LogP contribution in [0, 0.1) is 23.4 Å². The summed E-state index contributed by atoms with van der Waals surface area (Å²) in [6.07, 6.45) is 2.54. The number of carbonyl (C=O) groups is 2. The minimum Gasteiger partial charge on any atom is -0.342 e. The number of rotatable bonds is 4. The number of benzene rings is 1. The Labute approximate surface area is 137 Å². The zero-order valence-electron chi connectivity index (χ0n) is 12.9. The molecular formula is C16H18F3NO2S. The van der Waals surface area contributed by atoms with E-state index in [4.69, 9.17) is 0 Å². The number of likely N-dealkylation sites (tertiary alicyclic amines) is 1. The number of Topliss-reactive ketones (excluding diaryl/α,β-unsaturated/α-hetero) is 1. The van der Waals surface area contributed by atoms with Crippen molar-refractivity contribution in [3.8, 4) is 0 Å². The summed E-state index contributed by atoms with van der Waals surface area (Å²) in [4.78, 5) is 26.1. The van der Waals surface area contributed by atoms with Crippen molar-refractivity contribution < 1.29 is 22.8 Å². The van der Waals surface area contributed by atoms with Gasteiger partial charge in [-0.25, -0.2) is 13.2 Å². The number of carbonyl (C=O) groups excluding carboxylic acids is 2. The van der Waals surface area contributed by atoms with Crippen molar-refractivity contribution in [1.29, 1.82) is 0 Å². The smallest absolute Gasteiger partial charge is 0.235 e. The molecule has 1 fully saturated rings. The van der Waals surface area contributed by atoms with Crippen molar-refractivity contribution in [2.45, 2.75) is 25.0 Å². The lowest BCUT2D eigenvalue weighted by Crippen LogP contribution is -2.43. The first kappa shape index (κ1) is 17.8. The van der Waals surface area contributed by atoms with Crippen LogP contribution in [0.25, 0.3) is 0 Å². The molecule has 7 heteroatoms. The summed E-state index contributed by atoms with van der Waals surface area (Å²) in [5, 5.41) is -0.158. The van der Waals surface area contributed by atoms with Crippen LogP contribution in [-0.2, 0) is 4.79 Å². The number of hydrogen-bond donors (Lipinski definition) is 0. The molecule has 1 saturated heterocycles. The van der Waals surface area contributed by atoms with E-state index in [1.54, 1.807) is 4.90 Å². The largest absolute Gasteiger partial charge is 0.342 e. The highest BCUT2D eigenvalue weighted by Crippen LogP contribution is 2.26. The zero-order valence-corrected chi connectivity index (χ0v) is 13.8. The number of hydrogen-bond acceptors (Lipinski definition) is 3. The number of thioether (sulfide) groups is 1. The van der Waals surface area contributed by atoms with Crippen LogP contribution in [0.5, 0.6) is 0 Å². The average Bonchev–Trinajstić information content (AvgIpc) is 2.52. The van der Waals surface area contributed by atoms with Gasteiger partial charge in [-0.2, -0.15) is 11.8 Å². The minimum absolute atomic E-state index is 0.00235. The monoisotopic (exact) mass is 345 g/mol. The molecule has 1 aliphatic heterocycles. The summed E-state index contributed by atoms with van der Waals surface area (Å²) >= 11 is 1.44. The third kappa shape index (κ3) is 3.88. The molecule has 0 aromatic heterocycles. The molecular weight excluding hydrogens is 327 g/mol. The summed E-state index contributed by atoms with van der Waals surface area (Å²) in [6, 6.07) is 1.02. The lowest BCUT2D eigenvalue weighted by Gasteiger charge is -2.32. The van der Waals surface area contributed by atoms with Gasteiger partial charge in [-0.05, 0) is 26.0 Å². The molecule has 0 spiro atoms. The van der Waals surface area contributed by atoms with E-state index in [0.717, 1.165) is 0 Å². The molecule has 2 rings (SSSR count). The number of nitrogens with zero attached hydrogens (tertiary/aromatic N) is 1. The van der Waals surface area contributed by atoms with Crippen molar-refractivity contribution in [3.63, 3.8) is 0 Å². The van der Waals surface area contributed by atoms with Gasteiger partial charge in [0.2, 0.25) is 5.91 Å². The highest BCUT2D eigenvalue weighted by molar-refractivity contribution is 7.99. The van der Waals surface area contributed by atoms with Gasteiger partial charge >= 0.3 is 0 Å². The van der Waals surface area contributed by atoms with E-state index in [1.165, 1.54) is 11.8 Å². The van der Waals surface area contributed by atoms with Crippen molar-refractivity contribution in [2.75, 3.05) is 19.3 Å². The van der Waals surface area contributed by atoms with Gasteiger partial charge < -0.3 is 4.90 Å². The quantitative estimate of drug-likeness (QED) is 0.786. The van der Waals surface area contributed by atoms with Gasteiger partial charge in [-0.3, -0.25) is 9.59 Å². The van der Waals surface area contributed by atoms with Gasteiger partial charge in [0.15, 0.2) is 5.78 Å². The Morgan fingerprint density at radius 2 is 1.70 bits per heavy atom. The molecule has 0 bridgehead atoms. The second kappa shape index (κ2) is 7.38. The first-order chi connectivity index (χ1) is 10.8. The van der Waals surface area contributed by atoms with Crippen LogP contribution in [0.3, 0.4) is 0 Å². The van der Waals surface area contributed by atoms with Gasteiger partial charge in [0, 0.05) is 31.1 Å². The molecule has 126 valence electrons. The summed E-state index contributed by atoms with van der Waals surface area (Å²) in [6.45, 7) is 2.57. The predicted octanol–water partition coefficient (Wildman–Crippen LogP) is 3.28. The van der Waals surface area contributed by atoms with Crippen LogP contribution in [0.4, 0.5) is 13.2 Å². The number of piperidine rings is 1. The minimum atomic E-state index is -1.18. The fraction of sp³-hybridized carbons (Fsp3) is 0.500. The van der Waals surface area contributed by atoms with E-state index in [-0.39, 0.29) is 11.2 Å². The van der Waals surface area contributed by atoms with E-state index < -0.39 is 34.7 Å². The normalized spacial score (nSPS) is 17.2. The molecule has 0 aliphatic carbocycles. The average molecular weight is 345 g/mol. The van der Waals surface area contributed by atoms with E-state index in [0.29, 0.717) is 38.1 Å². The molecule has 1 amide bonds. The zero-order chi connectivity index (χ0) is 17.1. The highest BCUT2D eigenvalue weighted by Gasteiger charge is 2.32. The molecule has 1 aromatic rings. The molecule has 1 atom stereocenters. The molecule has 3 nitrogen and oxygen atoms in total. The number of amides is 1. The molecule has 23 heavy (non-hydrogen) atoms. The molecule has 0 N–H and O–H groups in total. The van der Waals surface area contributed by atoms with Gasteiger partial charge in [0.25, 0.3) is 0 Å².